The van der Waals surface area contributed by atoms with Crippen LogP contribution < -0.4 is 0 Å². The van der Waals surface area contributed by atoms with Crippen LogP contribution in [0.3, 0.4) is 0 Å². The average Bonchev–Trinajstić information content (AvgIpc) is 1.63. The number of hydrogen-bond donors (Lipinski definition) is 0. The molecule has 0 saturated heterocycles. The van der Waals surface area contributed by atoms with Crippen LogP contribution in [0.4, 0.5) is 0 Å². The first-order valence-corrected chi connectivity index (χ1v) is 43.6. The van der Waals surface area contributed by atoms with E-state index < -0.39 is 0 Å². The van der Waals surface area contributed by atoms with Gasteiger partial charge in [-0.05, 0) is 386 Å². The molecule has 9 aromatic rings. The molecule has 0 nitrogen and oxygen atoms in total. The van der Waals surface area contributed by atoms with Crippen LogP contribution in [0.2, 0.25) is 0 Å². The van der Waals surface area contributed by atoms with Gasteiger partial charge in [0.05, 0.1) is 0 Å². The fourth-order valence-electron chi connectivity index (χ4n) is 26.5. The lowest BCUT2D eigenvalue weighted by atomic mass is 9.46. The summed E-state index contributed by atoms with van der Waals surface area (Å²) in [5.74, 6) is 11.7. The van der Waals surface area contributed by atoms with Crippen LogP contribution in [-0.4, -0.2) is 5.75 Å². The highest BCUT2D eigenvalue weighted by Crippen LogP contribution is 2.75. The summed E-state index contributed by atoms with van der Waals surface area (Å²) < 4.78 is 3.24. The van der Waals surface area contributed by atoms with Gasteiger partial charge in [-0.2, -0.15) is 0 Å². The number of rotatable bonds is 16. The molecule has 1 heterocycles. The van der Waals surface area contributed by atoms with Crippen LogP contribution in [0.25, 0.3) is 68.8 Å². The molecular weight excluding hydrogens is 1250 g/mol. The van der Waals surface area contributed by atoms with Crippen molar-refractivity contribution >= 4 is 91.9 Å². The van der Waals surface area contributed by atoms with E-state index in [1.165, 1.54) is 115 Å². The highest BCUT2D eigenvalue weighted by atomic mass is 32.2. The third kappa shape index (κ3) is 9.34. The Morgan fingerprint density at radius 3 is 1.79 bits per heavy atom. The molecule has 17 rings (SSSR count). The second kappa shape index (κ2) is 24.9. The first kappa shape index (κ1) is 69.2. The lowest BCUT2D eigenvalue weighted by molar-refractivity contribution is 0.103. The predicted molar refractivity (Wildman–Crippen MR) is 444 cm³/mol. The molecule has 1 fully saturated rings. The lowest BCUT2D eigenvalue weighted by Crippen LogP contribution is -2.46. The standard InChI is InChI=1S/C99H124S2/c1-25-27-29-31-33-69-64(23)71-41-67-42-72-66(35-36-68-45(4)38-47(6)76-46(5)37-44(3)49(8)80(68)76)40-73-86-74-39-48(7)77-83(60(19)57(16)78-55(14)53(12)54(13)70(87(77)78)34-32-30-28-26-2)98(74)101-99(86)84-61(20)58(17)79-56(15)59(18)82-91-75(43-100-97-62(21)51(10)50(9)52(11)63(97)22)81(65(69)24)88(71)95(91)85(67)96-89(72)90(73)94(84)92(79)93(82)96/h38-42,44,46,49,53-56,58-59,61,64-65,69-70,75,79,81,92-93H,25-37,43H2,1-24H3. The molecule has 0 radical (unpaired) electrons. The molecule has 0 spiro atoms. The van der Waals surface area contributed by atoms with Gasteiger partial charge in [0.25, 0.3) is 0 Å². The van der Waals surface area contributed by atoms with E-state index in [0.29, 0.717) is 112 Å². The summed E-state index contributed by atoms with van der Waals surface area (Å²) in [4.78, 5) is 1.57. The van der Waals surface area contributed by atoms with Crippen molar-refractivity contribution in [2.45, 2.75) is 308 Å². The largest absolute Gasteiger partial charge is 0.134 e. The molecular formula is C99H124S2. The summed E-state index contributed by atoms with van der Waals surface area (Å²) in [6.07, 6.45) is 16.8. The molecule has 532 valence electrons. The van der Waals surface area contributed by atoms with Gasteiger partial charge in [-0.25, -0.2) is 0 Å². The summed E-state index contributed by atoms with van der Waals surface area (Å²) in [7, 11) is 0. The topological polar surface area (TPSA) is 0 Å². The molecule has 19 unspecified atom stereocenters. The Morgan fingerprint density at radius 2 is 1.09 bits per heavy atom. The summed E-state index contributed by atoms with van der Waals surface area (Å²) in [5.41, 5.74) is 39.8. The molecule has 1 aromatic heterocycles. The van der Waals surface area contributed by atoms with Gasteiger partial charge in [0.2, 0.25) is 0 Å². The fraction of sp³-hybridized carbons (Fsp3) is 0.576. The number of thiophene rings is 1. The molecule has 8 aliphatic carbocycles. The molecule has 0 N–H and O–H groups in total. The van der Waals surface area contributed by atoms with Crippen LogP contribution in [0, 0.1) is 128 Å². The molecule has 1 saturated carbocycles. The minimum Gasteiger partial charge on any atom is -0.134 e. The average molecular weight is 1380 g/mol. The lowest BCUT2D eigenvalue weighted by Gasteiger charge is -2.58. The van der Waals surface area contributed by atoms with E-state index in [1.807, 2.05) is 22.3 Å². The normalized spacial score (nSPS) is 30.4. The van der Waals surface area contributed by atoms with Gasteiger partial charge < -0.3 is 0 Å². The number of aryl methyl sites for hydroxylation is 5. The van der Waals surface area contributed by atoms with Crippen molar-refractivity contribution in [3.05, 3.63) is 158 Å². The van der Waals surface area contributed by atoms with Crippen molar-refractivity contribution in [1.29, 1.82) is 0 Å². The second-order valence-corrected chi connectivity index (χ2v) is 39.1. The Bertz CT molecular complexity index is 5040. The van der Waals surface area contributed by atoms with Gasteiger partial charge in [-0.15, -0.1) is 23.1 Å². The number of thioether (sulfide) groups is 1. The molecule has 0 aliphatic heterocycles. The zero-order valence-electron chi connectivity index (χ0n) is 67.1. The number of unbranched alkanes of at least 4 members (excludes halogenated alkanes) is 6. The minimum absolute atomic E-state index is 0.372. The van der Waals surface area contributed by atoms with E-state index in [9.17, 15) is 0 Å². The molecule has 0 amide bonds. The number of fused-ring (bicyclic) bond motifs is 10. The van der Waals surface area contributed by atoms with Crippen LogP contribution in [0.5, 0.6) is 0 Å². The molecule has 19 atom stereocenters. The first-order chi connectivity index (χ1) is 48.3. The van der Waals surface area contributed by atoms with E-state index in [1.54, 1.807) is 135 Å². The fourth-order valence-corrected chi connectivity index (χ4v) is 29.5. The van der Waals surface area contributed by atoms with Crippen molar-refractivity contribution in [1.82, 2.24) is 0 Å². The van der Waals surface area contributed by atoms with Crippen molar-refractivity contribution in [3.63, 3.8) is 0 Å². The van der Waals surface area contributed by atoms with Gasteiger partial charge >= 0.3 is 0 Å². The highest BCUT2D eigenvalue weighted by molar-refractivity contribution is 7.99. The summed E-state index contributed by atoms with van der Waals surface area (Å²) >= 11 is 4.54. The SMILES string of the molecule is CCCCCCC1c2c(c(C)c(C)c3c2c(C)cc2c3sc3c4c5c6c(cc(CCc7c(C)cc(C)c8c7C(C)C(C)CC8C)c7cc8cc9c%10c%11c8c(c76)C6C(=C%11C(CSc7c(C)c(C)c(C)c(C)c7C)C%10C(C)C(CCCCCC)C9C)C(C)C(C)C(C(C)C4C)C56)c32)C(C)C(C)C1C. The monoisotopic (exact) mass is 1380 g/mol. The van der Waals surface area contributed by atoms with E-state index in [-0.39, 0.29) is 0 Å². The third-order valence-electron chi connectivity index (χ3n) is 32.8. The maximum Gasteiger partial charge on any atom is 0.0437 e. The van der Waals surface area contributed by atoms with E-state index in [0.717, 1.165) is 18.6 Å². The Kier molecular flexibility index (Phi) is 17.0. The Morgan fingerprint density at radius 1 is 0.426 bits per heavy atom. The summed E-state index contributed by atoms with van der Waals surface area (Å²) in [5, 5.41) is 16.3. The minimum atomic E-state index is 0.372. The molecule has 2 heteroatoms. The second-order valence-electron chi connectivity index (χ2n) is 37.0. The molecule has 0 bridgehead atoms. The smallest absolute Gasteiger partial charge is 0.0437 e. The van der Waals surface area contributed by atoms with Gasteiger partial charge in [0, 0.05) is 48.0 Å². The third-order valence-corrected chi connectivity index (χ3v) is 35.4. The maximum absolute atomic E-state index is 2.92. The van der Waals surface area contributed by atoms with E-state index in [4.69, 9.17) is 0 Å². The number of allylic oxidation sites excluding steroid dienone is 2. The van der Waals surface area contributed by atoms with Gasteiger partial charge in [0.1, 0.15) is 0 Å². The van der Waals surface area contributed by atoms with Crippen LogP contribution in [0.1, 0.15) is 343 Å². The number of hydrogen-bond acceptors (Lipinski definition) is 2. The Hall–Kier alpha value is -4.89. The van der Waals surface area contributed by atoms with Crippen molar-refractivity contribution in [2.75, 3.05) is 5.75 Å². The van der Waals surface area contributed by atoms with Crippen molar-refractivity contribution in [3.8, 4) is 0 Å². The summed E-state index contributed by atoms with van der Waals surface area (Å²) in [6, 6.07) is 14.1. The zero-order valence-corrected chi connectivity index (χ0v) is 68.7. The van der Waals surface area contributed by atoms with E-state index >= 15 is 0 Å². The quantitative estimate of drug-likeness (QED) is 0.0402. The molecule has 8 aromatic carbocycles. The molecule has 8 aliphatic rings. The van der Waals surface area contributed by atoms with Gasteiger partial charge in [-0.3, -0.25) is 0 Å². The van der Waals surface area contributed by atoms with Crippen molar-refractivity contribution < 1.29 is 0 Å². The first-order valence-electron chi connectivity index (χ1n) is 41.8. The Balaban J connectivity index is 1.00. The van der Waals surface area contributed by atoms with Gasteiger partial charge in [0.15, 0.2) is 0 Å². The maximum atomic E-state index is 2.92. The van der Waals surface area contributed by atoms with Crippen LogP contribution in [-0.2, 0) is 12.8 Å². The Labute approximate surface area is 618 Å². The van der Waals surface area contributed by atoms with Crippen molar-refractivity contribution in [2.24, 2.45) is 59.2 Å². The highest BCUT2D eigenvalue weighted by Gasteiger charge is 2.60. The zero-order chi connectivity index (χ0) is 71.2. The van der Waals surface area contributed by atoms with Crippen LogP contribution in [0.15, 0.2) is 40.8 Å². The number of benzene rings is 8. The molecule has 101 heavy (non-hydrogen) atoms. The van der Waals surface area contributed by atoms with Crippen LogP contribution >= 0.6 is 23.1 Å². The van der Waals surface area contributed by atoms with Gasteiger partial charge in [-0.1, -0.05) is 166 Å². The summed E-state index contributed by atoms with van der Waals surface area (Å²) in [6.45, 7) is 61.6. The predicted octanol–water partition coefficient (Wildman–Crippen LogP) is 29.7. The van der Waals surface area contributed by atoms with E-state index in [2.05, 4.69) is 220 Å².